The lowest BCUT2D eigenvalue weighted by Crippen LogP contribution is -2.57. The van der Waals surface area contributed by atoms with Crippen LogP contribution >= 0.6 is 11.3 Å². The first-order valence-electron chi connectivity index (χ1n) is 7.18. The van der Waals surface area contributed by atoms with Crippen LogP contribution in [0.4, 0.5) is 0 Å². The maximum atomic E-state index is 12.8. The molecule has 0 unspecified atom stereocenters. The van der Waals surface area contributed by atoms with Crippen molar-refractivity contribution in [3.8, 4) is 0 Å². The average molecular weight is 332 g/mol. The number of nitrogens with zero attached hydrogens (tertiary/aromatic N) is 2. The summed E-state index contributed by atoms with van der Waals surface area (Å²) in [5.41, 5.74) is 0.00100. The Morgan fingerprint density at radius 3 is 2.48 bits per heavy atom. The Bertz CT molecular complexity index is 577. The molecule has 0 aromatic carbocycles. The minimum absolute atomic E-state index is 0.00100. The molecule has 1 aromatic heterocycles. The predicted molar refractivity (Wildman–Crippen MR) is 87.2 cm³/mol. The second-order valence-corrected chi connectivity index (χ2v) is 8.99. The SMILES string of the molecule is CNCc1sccc1S(=O)(=O)N(C)CC1(N(C)C)CCC1. The number of hydrogen-bond acceptors (Lipinski definition) is 5. The maximum absolute atomic E-state index is 12.8. The Hall–Kier alpha value is -0.470. The lowest BCUT2D eigenvalue weighted by molar-refractivity contribution is 0.0455. The standard InChI is InChI=1S/C14H25N3O2S2/c1-15-10-12-13(6-9-20-12)21(18,19)17(4)11-14(16(2)3)7-5-8-14/h6,9,15H,5,7-8,10-11H2,1-4H3. The summed E-state index contributed by atoms with van der Waals surface area (Å²) in [6.45, 7) is 1.13. The topological polar surface area (TPSA) is 52.7 Å². The molecule has 0 aliphatic heterocycles. The van der Waals surface area contributed by atoms with E-state index in [-0.39, 0.29) is 5.54 Å². The smallest absolute Gasteiger partial charge is 0.244 e. The highest BCUT2D eigenvalue weighted by Gasteiger charge is 2.42. The van der Waals surface area contributed by atoms with Crippen LogP contribution in [-0.2, 0) is 16.6 Å². The van der Waals surface area contributed by atoms with E-state index < -0.39 is 10.0 Å². The van der Waals surface area contributed by atoms with Crippen LogP contribution in [0.5, 0.6) is 0 Å². The zero-order chi connectivity index (χ0) is 15.7. The molecule has 1 aliphatic carbocycles. The van der Waals surface area contributed by atoms with E-state index in [1.807, 2.05) is 26.5 Å². The summed E-state index contributed by atoms with van der Waals surface area (Å²) in [6.07, 6.45) is 3.30. The van der Waals surface area contributed by atoms with Gasteiger partial charge in [-0.15, -0.1) is 11.3 Å². The van der Waals surface area contributed by atoms with Crippen molar-refractivity contribution in [3.05, 3.63) is 16.3 Å². The third kappa shape index (κ3) is 3.17. The molecule has 0 atom stereocenters. The van der Waals surface area contributed by atoms with Crippen LogP contribution < -0.4 is 5.32 Å². The van der Waals surface area contributed by atoms with Gasteiger partial charge in [0.2, 0.25) is 10.0 Å². The van der Waals surface area contributed by atoms with Crippen LogP contribution in [0.3, 0.4) is 0 Å². The predicted octanol–water partition coefficient (Wildman–Crippen LogP) is 1.57. The average Bonchev–Trinajstić information content (AvgIpc) is 2.82. The molecule has 2 rings (SSSR count). The quantitative estimate of drug-likeness (QED) is 0.824. The number of thiophene rings is 1. The molecule has 1 saturated carbocycles. The summed E-state index contributed by atoms with van der Waals surface area (Å²) < 4.78 is 27.2. The molecule has 1 heterocycles. The van der Waals surface area contributed by atoms with E-state index in [1.165, 1.54) is 22.1 Å². The van der Waals surface area contributed by atoms with Gasteiger partial charge in [-0.3, -0.25) is 0 Å². The fourth-order valence-corrected chi connectivity index (χ4v) is 5.52. The van der Waals surface area contributed by atoms with Crippen molar-refractivity contribution in [2.75, 3.05) is 34.7 Å². The number of nitrogens with one attached hydrogen (secondary N) is 1. The zero-order valence-electron chi connectivity index (χ0n) is 13.2. The van der Waals surface area contributed by atoms with Crippen LogP contribution in [0.1, 0.15) is 24.1 Å². The van der Waals surface area contributed by atoms with Gasteiger partial charge >= 0.3 is 0 Å². The molecule has 1 fully saturated rings. The van der Waals surface area contributed by atoms with Gasteiger partial charge in [0.05, 0.1) is 4.90 Å². The minimum Gasteiger partial charge on any atom is -0.315 e. The van der Waals surface area contributed by atoms with Gasteiger partial charge in [-0.05, 0) is 51.9 Å². The Labute approximate surface area is 132 Å². The Morgan fingerprint density at radius 2 is 2.00 bits per heavy atom. The van der Waals surface area contributed by atoms with Gasteiger partial charge < -0.3 is 10.2 Å². The van der Waals surface area contributed by atoms with Gasteiger partial charge in [-0.1, -0.05) is 0 Å². The van der Waals surface area contributed by atoms with Gasteiger partial charge in [-0.25, -0.2) is 8.42 Å². The zero-order valence-corrected chi connectivity index (χ0v) is 14.9. The highest BCUT2D eigenvalue weighted by molar-refractivity contribution is 7.89. The molecule has 0 spiro atoms. The number of likely N-dealkylation sites (N-methyl/N-ethyl adjacent to an activating group) is 2. The van der Waals surface area contributed by atoms with Crippen molar-refractivity contribution < 1.29 is 8.42 Å². The number of sulfonamides is 1. The van der Waals surface area contributed by atoms with Crippen LogP contribution in [0.15, 0.2) is 16.3 Å². The lowest BCUT2D eigenvalue weighted by atomic mass is 9.75. The van der Waals surface area contributed by atoms with Crippen LogP contribution in [0.25, 0.3) is 0 Å². The molecule has 7 heteroatoms. The van der Waals surface area contributed by atoms with E-state index in [0.717, 1.165) is 17.7 Å². The molecule has 0 bridgehead atoms. The third-order valence-electron chi connectivity index (χ3n) is 4.48. The molecule has 1 aromatic rings. The second kappa shape index (κ2) is 6.34. The third-order valence-corrected chi connectivity index (χ3v) is 7.42. The first kappa shape index (κ1) is 16.9. The molecule has 0 radical (unpaired) electrons. The van der Waals surface area contributed by atoms with Crippen molar-refractivity contribution in [1.82, 2.24) is 14.5 Å². The summed E-state index contributed by atoms with van der Waals surface area (Å²) in [4.78, 5) is 3.49. The first-order valence-corrected chi connectivity index (χ1v) is 9.50. The van der Waals surface area contributed by atoms with Gasteiger partial charge in [0.25, 0.3) is 0 Å². The summed E-state index contributed by atoms with van der Waals surface area (Å²) in [7, 11) is 4.19. The molecule has 1 aliphatic rings. The Morgan fingerprint density at radius 1 is 1.33 bits per heavy atom. The minimum atomic E-state index is -3.41. The summed E-state index contributed by atoms with van der Waals surface area (Å²) >= 11 is 1.48. The number of rotatable bonds is 7. The molecule has 21 heavy (non-hydrogen) atoms. The normalized spacial score (nSPS) is 18.2. The highest BCUT2D eigenvalue weighted by atomic mass is 32.2. The molecule has 120 valence electrons. The van der Waals surface area contributed by atoms with Gasteiger partial charge in [0, 0.05) is 30.6 Å². The Balaban J connectivity index is 2.21. The number of hydrogen-bond donors (Lipinski definition) is 1. The fourth-order valence-electron chi connectivity index (χ4n) is 2.85. The van der Waals surface area contributed by atoms with Crippen LogP contribution in [0, 0.1) is 0 Å². The van der Waals surface area contributed by atoms with Gasteiger partial charge in [0.1, 0.15) is 0 Å². The van der Waals surface area contributed by atoms with Crippen LogP contribution in [0.2, 0.25) is 0 Å². The Kier molecular flexibility index (Phi) is 5.10. The monoisotopic (exact) mass is 331 g/mol. The van der Waals surface area contributed by atoms with Crippen molar-refractivity contribution >= 4 is 21.4 Å². The van der Waals surface area contributed by atoms with Crippen molar-refractivity contribution in [2.24, 2.45) is 0 Å². The molecule has 0 amide bonds. The van der Waals surface area contributed by atoms with E-state index in [2.05, 4.69) is 10.2 Å². The van der Waals surface area contributed by atoms with Gasteiger partial charge in [-0.2, -0.15) is 4.31 Å². The van der Waals surface area contributed by atoms with E-state index in [4.69, 9.17) is 0 Å². The van der Waals surface area contributed by atoms with Crippen LogP contribution in [-0.4, -0.2) is 57.9 Å². The highest BCUT2D eigenvalue weighted by Crippen LogP contribution is 2.38. The molecule has 1 N–H and O–H groups in total. The second-order valence-electron chi connectivity index (χ2n) is 5.97. The molecule has 0 saturated heterocycles. The summed E-state index contributed by atoms with van der Waals surface area (Å²) in [6, 6.07) is 1.71. The van der Waals surface area contributed by atoms with E-state index in [1.54, 1.807) is 13.1 Å². The summed E-state index contributed by atoms with van der Waals surface area (Å²) in [5.74, 6) is 0. The largest absolute Gasteiger partial charge is 0.315 e. The lowest BCUT2D eigenvalue weighted by Gasteiger charge is -2.48. The fraction of sp³-hybridized carbons (Fsp3) is 0.714. The molecular formula is C14H25N3O2S2. The van der Waals surface area contributed by atoms with Gasteiger partial charge in [0.15, 0.2) is 0 Å². The maximum Gasteiger partial charge on any atom is 0.244 e. The van der Waals surface area contributed by atoms with E-state index in [9.17, 15) is 8.42 Å². The van der Waals surface area contributed by atoms with E-state index in [0.29, 0.717) is 18.0 Å². The first-order chi connectivity index (χ1) is 9.83. The summed E-state index contributed by atoms with van der Waals surface area (Å²) in [5, 5.41) is 4.88. The van der Waals surface area contributed by atoms with Crippen molar-refractivity contribution in [2.45, 2.75) is 36.2 Å². The van der Waals surface area contributed by atoms with Crippen molar-refractivity contribution in [1.29, 1.82) is 0 Å². The molecule has 5 nitrogen and oxygen atoms in total. The van der Waals surface area contributed by atoms with E-state index >= 15 is 0 Å². The molecular weight excluding hydrogens is 306 g/mol. The van der Waals surface area contributed by atoms with Crippen molar-refractivity contribution in [3.63, 3.8) is 0 Å².